The molecule has 0 heterocycles. The largest absolute Gasteiger partial charge is 0.496 e. The Bertz CT molecular complexity index is 338. The second-order valence-corrected chi connectivity index (χ2v) is 4.53. The normalized spacial score (nSPS) is 20.1. The summed E-state index contributed by atoms with van der Waals surface area (Å²) in [5.74, 6) is 0.913. The number of methoxy groups -OCH3 is 1. The van der Waals surface area contributed by atoms with E-state index in [2.05, 4.69) is 15.9 Å². The topological polar surface area (TPSA) is 9.23 Å². The van der Waals surface area contributed by atoms with Crippen molar-refractivity contribution in [3.05, 3.63) is 27.7 Å². The fraction of sp³-hybridized carbons (Fsp3) is 0.400. The van der Waals surface area contributed by atoms with Crippen LogP contribution in [-0.4, -0.2) is 7.11 Å². The zero-order valence-corrected chi connectivity index (χ0v) is 9.65. The van der Waals surface area contributed by atoms with Crippen LogP contribution in [0.1, 0.15) is 22.9 Å². The van der Waals surface area contributed by atoms with Crippen molar-refractivity contribution in [2.45, 2.75) is 18.2 Å². The molecule has 1 aromatic rings. The van der Waals surface area contributed by atoms with E-state index in [4.69, 9.17) is 16.3 Å². The summed E-state index contributed by atoms with van der Waals surface area (Å²) >= 11 is 9.72. The van der Waals surface area contributed by atoms with Crippen LogP contribution in [0.3, 0.4) is 0 Å². The van der Waals surface area contributed by atoms with Crippen molar-refractivity contribution in [1.29, 1.82) is 0 Å². The first-order valence-electron chi connectivity index (χ1n) is 4.23. The molecule has 0 fully saturated rings. The summed E-state index contributed by atoms with van der Waals surface area (Å²) in [5, 5.41) is 0.113. The second kappa shape index (κ2) is 3.50. The Balaban J connectivity index is 2.60. The van der Waals surface area contributed by atoms with Gasteiger partial charge in [-0.15, -0.1) is 11.6 Å². The van der Waals surface area contributed by atoms with Gasteiger partial charge in [0.15, 0.2) is 0 Å². The SMILES string of the molecule is COc1ccc(Br)c2c1C(Cl)CC2. The van der Waals surface area contributed by atoms with Crippen molar-refractivity contribution in [1.82, 2.24) is 0 Å². The molecule has 1 aromatic carbocycles. The summed E-state index contributed by atoms with van der Waals surface area (Å²) in [6, 6.07) is 3.98. The van der Waals surface area contributed by atoms with E-state index in [1.807, 2.05) is 12.1 Å². The predicted octanol–water partition coefficient (Wildman–Crippen LogP) is 3.68. The van der Waals surface area contributed by atoms with Gasteiger partial charge in [0.25, 0.3) is 0 Å². The van der Waals surface area contributed by atoms with Crippen LogP contribution in [0.5, 0.6) is 5.75 Å². The molecular weight excluding hydrogens is 251 g/mol. The Kier molecular flexibility index (Phi) is 2.52. The highest BCUT2D eigenvalue weighted by Gasteiger charge is 2.25. The lowest BCUT2D eigenvalue weighted by Crippen LogP contribution is -1.92. The summed E-state index contributed by atoms with van der Waals surface area (Å²) in [5.41, 5.74) is 2.47. The zero-order valence-electron chi connectivity index (χ0n) is 7.31. The van der Waals surface area contributed by atoms with Crippen molar-refractivity contribution in [3.8, 4) is 5.75 Å². The molecule has 1 aliphatic rings. The molecule has 1 atom stereocenters. The van der Waals surface area contributed by atoms with Gasteiger partial charge in [0, 0.05) is 10.0 Å². The van der Waals surface area contributed by atoms with Gasteiger partial charge in [0.2, 0.25) is 0 Å². The highest BCUT2D eigenvalue weighted by atomic mass is 79.9. The lowest BCUT2D eigenvalue weighted by molar-refractivity contribution is 0.410. The van der Waals surface area contributed by atoms with Gasteiger partial charge in [0.1, 0.15) is 5.75 Å². The van der Waals surface area contributed by atoms with E-state index in [1.165, 1.54) is 11.1 Å². The first-order chi connectivity index (χ1) is 6.24. The molecule has 0 saturated carbocycles. The molecule has 0 spiro atoms. The average molecular weight is 262 g/mol. The van der Waals surface area contributed by atoms with Crippen molar-refractivity contribution < 1.29 is 4.74 Å². The number of hydrogen-bond acceptors (Lipinski definition) is 1. The van der Waals surface area contributed by atoms with Gasteiger partial charge in [-0.25, -0.2) is 0 Å². The lowest BCUT2D eigenvalue weighted by Gasteiger charge is -2.10. The first-order valence-corrected chi connectivity index (χ1v) is 5.46. The highest BCUT2D eigenvalue weighted by Crippen LogP contribution is 2.44. The zero-order chi connectivity index (χ0) is 9.42. The van der Waals surface area contributed by atoms with Crippen LogP contribution < -0.4 is 4.74 Å². The number of halogens is 2. The quantitative estimate of drug-likeness (QED) is 0.701. The Morgan fingerprint density at radius 1 is 1.54 bits per heavy atom. The van der Waals surface area contributed by atoms with E-state index in [0.717, 1.165) is 23.1 Å². The third-order valence-electron chi connectivity index (χ3n) is 2.44. The third-order valence-corrected chi connectivity index (χ3v) is 3.62. The molecule has 0 aliphatic heterocycles. The van der Waals surface area contributed by atoms with Gasteiger partial charge in [-0.3, -0.25) is 0 Å². The van der Waals surface area contributed by atoms with Crippen LogP contribution in [-0.2, 0) is 6.42 Å². The molecule has 70 valence electrons. The van der Waals surface area contributed by atoms with Crippen LogP contribution in [0.4, 0.5) is 0 Å². The smallest absolute Gasteiger partial charge is 0.123 e. The Morgan fingerprint density at radius 3 is 3.00 bits per heavy atom. The molecule has 0 aromatic heterocycles. The van der Waals surface area contributed by atoms with Gasteiger partial charge in [0.05, 0.1) is 12.5 Å². The second-order valence-electron chi connectivity index (χ2n) is 3.15. The van der Waals surface area contributed by atoms with Crippen LogP contribution in [0.15, 0.2) is 16.6 Å². The Morgan fingerprint density at radius 2 is 2.31 bits per heavy atom. The number of alkyl halides is 1. The molecule has 1 unspecified atom stereocenters. The summed E-state index contributed by atoms with van der Waals surface area (Å²) in [6.07, 6.45) is 2.05. The van der Waals surface area contributed by atoms with E-state index in [1.54, 1.807) is 7.11 Å². The Hall–Kier alpha value is -0.210. The van der Waals surface area contributed by atoms with Gasteiger partial charge >= 0.3 is 0 Å². The number of benzene rings is 1. The number of ether oxygens (including phenoxy) is 1. The van der Waals surface area contributed by atoms with E-state index in [0.29, 0.717) is 0 Å². The number of rotatable bonds is 1. The number of hydrogen-bond donors (Lipinski definition) is 0. The predicted molar refractivity (Wildman–Crippen MR) is 57.6 cm³/mol. The van der Waals surface area contributed by atoms with Gasteiger partial charge in [-0.1, -0.05) is 15.9 Å². The molecule has 1 nitrogen and oxygen atoms in total. The summed E-state index contributed by atoms with van der Waals surface area (Å²) in [7, 11) is 1.69. The first kappa shape index (κ1) is 9.35. The van der Waals surface area contributed by atoms with Crippen LogP contribution in [0, 0.1) is 0 Å². The molecule has 13 heavy (non-hydrogen) atoms. The fourth-order valence-electron chi connectivity index (χ4n) is 1.81. The maximum atomic E-state index is 6.20. The fourth-order valence-corrected chi connectivity index (χ4v) is 2.70. The van der Waals surface area contributed by atoms with Crippen LogP contribution >= 0.6 is 27.5 Å². The molecular formula is C10H10BrClO. The minimum atomic E-state index is 0.113. The van der Waals surface area contributed by atoms with Crippen molar-refractivity contribution in [3.63, 3.8) is 0 Å². The molecule has 0 bridgehead atoms. The molecule has 1 aliphatic carbocycles. The summed E-state index contributed by atoms with van der Waals surface area (Å²) < 4.78 is 6.42. The third kappa shape index (κ3) is 1.46. The van der Waals surface area contributed by atoms with E-state index < -0.39 is 0 Å². The van der Waals surface area contributed by atoms with Gasteiger partial charge in [-0.05, 0) is 30.5 Å². The standard InChI is InChI=1S/C10H10BrClO/c1-13-9-5-3-7(11)6-2-4-8(12)10(6)9/h3,5,8H,2,4H2,1H3. The highest BCUT2D eigenvalue weighted by molar-refractivity contribution is 9.10. The van der Waals surface area contributed by atoms with Gasteiger partial charge < -0.3 is 4.74 Å². The molecule has 0 amide bonds. The maximum Gasteiger partial charge on any atom is 0.123 e. The molecule has 0 radical (unpaired) electrons. The number of fused-ring (bicyclic) bond motifs is 1. The minimum Gasteiger partial charge on any atom is -0.496 e. The van der Waals surface area contributed by atoms with Crippen molar-refractivity contribution in [2.75, 3.05) is 7.11 Å². The monoisotopic (exact) mass is 260 g/mol. The van der Waals surface area contributed by atoms with E-state index in [9.17, 15) is 0 Å². The summed E-state index contributed by atoms with van der Waals surface area (Å²) in [6.45, 7) is 0. The van der Waals surface area contributed by atoms with E-state index in [-0.39, 0.29) is 5.38 Å². The maximum absolute atomic E-state index is 6.20. The molecule has 0 N–H and O–H groups in total. The minimum absolute atomic E-state index is 0.113. The van der Waals surface area contributed by atoms with Gasteiger partial charge in [-0.2, -0.15) is 0 Å². The van der Waals surface area contributed by atoms with Crippen LogP contribution in [0.25, 0.3) is 0 Å². The molecule has 3 heteroatoms. The average Bonchev–Trinajstić information content (AvgIpc) is 2.51. The van der Waals surface area contributed by atoms with Crippen molar-refractivity contribution >= 4 is 27.5 Å². The van der Waals surface area contributed by atoms with E-state index >= 15 is 0 Å². The molecule has 2 rings (SSSR count). The Labute approximate surface area is 91.2 Å². The van der Waals surface area contributed by atoms with Crippen molar-refractivity contribution in [2.24, 2.45) is 0 Å². The summed E-state index contributed by atoms with van der Waals surface area (Å²) in [4.78, 5) is 0. The van der Waals surface area contributed by atoms with Crippen LogP contribution in [0.2, 0.25) is 0 Å². The molecule has 0 saturated heterocycles. The lowest BCUT2D eigenvalue weighted by atomic mass is 10.1.